The summed E-state index contributed by atoms with van der Waals surface area (Å²) >= 11 is 0. The second-order valence-electron chi connectivity index (χ2n) is 4.69. The van der Waals surface area contributed by atoms with E-state index in [1.807, 2.05) is 13.8 Å². The van der Waals surface area contributed by atoms with Crippen LogP contribution in [0.25, 0.3) is 0 Å². The first-order valence-electron chi connectivity index (χ1n) is 5.52. The fraction of sp³-hybridized carbons (Fsp3) is 0.818. The Labute approximate surface area is 96.6 Å². The van der Waals surface area contributed by atoms with Crippen LogP contribution in [0.2, 0.25) is 0 Å². The third kappa shape index (κ3) is 5.11. The molecule has 16 heavy (non-hydrogen) atoms. The molecule has 5 nitrogen and oxygen atoms in total. The Morgan fingerprint density at radius 3 is 2.31 bits per heavy atom. The summed E-state index contributed by atoms with van der Waals surface area (Å²) in [6, 6.07) is -1.17. The summed E-state index contributed by atoms with van der Waals surface area (Å²) in [6.07, 6.45) is 2.03. The standard InChI is InChI=1S/C11H22N2O3/c1-5-6-11(2,3)7-13-9(14)8(12-4)10(15)16/h8,12H,5-7H2,1-4H3,(H,13,14)(H,15,16). The molecule has 0 spiro atoms. The average Bonchev–Trinajstić information content (AvgIpc) is 2.15. The van der Waals surface area contributed by atoms with Crippen LogP contribution < -0.4 is 10.6 Å². The SMILES string of the molecule is CCCC(C)(C)CNC(=O)C(NC)C(=O)O. The lowest BCUT2D eigenvalue weighted by atomic mass is 9.88. The number of hydrogen-bond donors (Lipinski definition) is 3. The van der Waals surface area contributed by atoms with Crippen molar-refractivity contribution in [1.29, 1.82) is 0 Å². The Bertz CT molecular complexity index is 252. The number of carboxylic acids is 1. The first-order valence-corrected chi connectivity index (χ1v) is 5.52. The molecule has 0 fully saturated rings. The van der Waals surface area contributed by atoms with Crippen molar-refractivity contribution in [2.75, 3.05) is 13.6 Å². The fourth-order valence-electron chi connectivity index (χ4n) is 1.56. The Balaban J connectivity index is 4.20. The lowest BCUT2D eigenvalue weighted by Crippen LogP contribution is -2.49. The summed E-state index contributed by atoms with van der Waals surface area (Å²) in [7, 11) is 1.45. The first-order chi connectivity index (χ1) is 7.34. The zero-order valence-corrected chi connectivity index (χ0v) is 10.5. The maximum Gasteiger partial charge on any atom is 0.330 e. The van der Waals surface area contributed by atoms with Crippen LogP contribution in [-0.2, 0) is 9.59 Å². The molecule has 0 aliphatic heterocycles. The van der Waals surface area contributed by atoms with Crippen LogP contribution in [0, 0.1) is 5.41 Å². The molecule has 0 radical (unpaired) electrons. The Hall–Kier alpha value is -1.10. The number of likely N-dealkylation sites (N-methyl/N-ethyl adjacent to an activating group) is 1. The van der Waals surface area contributed by atoms with Crippen molar-refractivity contribution in [2.24, 2.45) is 5.41 Å². The molecule has 94 valence electrons. The minimum absolute atomic E-state index is 0.00120. The van der Waals surface area contributed by atoms with Crippen LogP contribution in [0.1, 0.15) is 33.6 Å². The number of hydrogen-bond acceptors (Lipinski definition) is 3. The van der Waals surface area contributed by atoms with Crippen LogP contribution in [0.3, 0.4) is 0 Å². The number of carbonyl (C=O) groups excluding carboxylic acids is 1. The molecule has 0 aliphatic carbocycles. The van der Waals surface area contributed by atoms with E-state index in [9.17, 15) is 9.59 Å². The van der Waals surface area contributed by atoms with E-state index in [0.29, 0.717) is 6.54 Å². The van der Waals surface area contributed by atoms with E-state index >= 15 is 0 Å². The summed E-state index contributed by atoms with van der Waals surface area (Å²) in [5.41, 5.74) is 0.00120. The van der Waals surface area contributed by atoms with E-state index in [1.54, 1.807) is 0 Å². The lowest BCUT2D eigenvalue weighted by molar-refractivity contribution is -0.143. The van der Waals surface area contributed by atoms with Crippen LogP contribution >= 0.6 is 0 Å². The molecule has 0 saturated heterocycles. The third-order valence-electron chi connectivity index (χ3n) is 2.47. The molecule has 0 aliphatic rings. The highest BCUT2D eigenvalue weighted by Crippen LogP contribution is 2.20. The number of carboxylic acid groups (broad SMARTS) is 1. The van der Waals surface area contributed by atoms with E-state index in [1.165, 1.54) is 7.05 Å². The van der Waals surface area contributed by atoms with Gasteiger partial charge in [-0.2, -0.15) is 0 Å². The molecular formula is C11H22N2O3. The molecule has 3 N–H and O–H groups in total. The van der Waals surface area contributed by atoms with Gasteiger partial charge in [-0.3, -0.25) is 10.1 Å². The summed E-state index contributed by atoms with van der Waals surface area (Å²) in [5.74, 6) is -1.65. The van der Waals surface area contributed by atoms with Crippen molar-refractivity contribution in [2.45, 2.75) is 39.7 Å². The van der Waals surface area contributed by atoms with Crippen LogP contribution in [0.15, 0.2) is 0 Å². The lowest BCUT2D eigenvalue weighted by Gasteiger charge is -2.25. The van der Waals surface area contributed by atoms with Crippen molar-refractivity contribution in [3.05, 3.63) is 0 Å². The molecule has 1 unspecified atom stereocenters. The van der Waals surface area contributed by atoms with Crippen molar-refractivity contribution in [3.8, 4) is 0 Å². The molecular weight excluding hydrogens is 208 g/mol. The average molecular weight is 230 g/mol. The molecule has 0 rings (SSSR count). The van der Waals surface area contributed by atoms with Crippen molar-refractivity contribution in [3.63, 3.8) is 0 Å². The van der Waals surface area contributed by atoms with Gasteiger partial charge in [-0.1, -0.05) is 27.2 Å². The highest BCUT2D eigenvalue weighted by atomic mass is 16.4. The summed E-state index contributed by atoms with van der Waals surface area (Å²) in [5, 5.41) is 13.9. The van der Waals surface area contributed by atoms with Gasteiger partial charge in [0.15, 0.2) is 6.04 Å². The van der Waals surface area contributed by atoms with Crippen molar-refractivity contribution < 1.29 is 14.7 Å². The highest BCUT2D eigenvalue weighted by Gasteiger charge is 2.26. The zero-order chi connectivity index (χ0) is 12.8. The summed E-state index contributed by atoms with van der Waals surface area (Å²) in [4.78, 5) is 22.2. The van der Waals surface area contributed by atoms with E-state index in [2.05, 4.69) is 17.6 Å². The molecule has 0 aromatic carbocycles. The van der Waals surface area contributed by atoms with Gasteiger partial charge >= 0.3 is 5.97 Å². The minimum Gasteiger partial charge on any atom is -0.480 e. The number of amides is 1. The molecule has 5 heteroatoms. The molecule has 1 atom stereocenters. The largest absolute Gasteiger partial charge is 0.480 e. The molecule has 0 aromatic heterocycles. The molecule has 1 amide bonds. The number of carbonyl (C=O) groups is 2. The number of nitrogens with one attached hydrogen (secondary N) is 2. The second-order valence-corrected chi connectivity index (χ2v) is 4.69. The predicted molar refractivity (Wildman–Crippen MR) is 62.2 cm³/mol. The summed E-state index contributed by atoms with van der Waals surface area (Å²) < 4.78 is 0. The van der Waals surface area contributed by atoms with E-state index in [0.717, 1.165) is 12.8 Å². The van der Waals surface area contributed by atoms with E-state index in [-0.39, 0.29) is 5.41 Å². The van der Waals surface area contributed by atoms with Crippen LogP contribution in [-0.4, -0.2) is 36.6 Å². The molecule has 0 aromatic rings. The zero-order valence-electron chi connectivity index (χ0n) is 10.5. The first kappa shape index (κ1) is 14.9. The maximum atomic E-state index is 11.5. The Morgan fingerprint density at radius 1 is 1.38 bits per heavy atom. The van der Waals surface area contributed by atoms with Crippen molar-refractivity contribution >= 4 is 11.9 Å². The second kappa shape index (κ2) is 6.48. The highest BCUT2D eigenvalue weighted by molar-refractivity contribution is 6.01. The van der Waals surface area contributed by atoms with Gasteiger partial charge in [0, 0.05) is 6.54 Å². The van der Waals surface area contributed by atoms with Gasteiger partial charge in [0.05, 0.1) is 0 Å². The molecule has 0 heterocycles. The molecule has 0 bridgehead atoms. The quantitative estimate of drug-likeness (QED) is 0.560. The maximum absolute atomic E-state index is 11.5. The monoisotopic (exact) mass is 230 g/mol. The summed E-state index contributed by atoms with van der Waals surface area (Å²) in [6.45, 7) is 6.67. The van der Waals surface area contributed by atoms with Gasteiger partial charge in [0.1, 0.15) is 0 Å². The topological polar surface area (TPSA) is 78.4 Å². The Morgan fingerprint density at radius 2 is 1.94 bits per heavy atom. The van der Waals surface area contributed by atoms with Gasteiger partial charge < -0.3 is 10.4 Å². The number of aliphatic carboxylic acids is 1. The minimum atomic E-state index is -1.17. The fourth-order valence-corrected chi connectivity index (χ4v) is 1.56. The van der Waals surface area contributed by atoms with Gasteiger partial charge in [-0.25, -0.2) is 4.79 Å². The van der Waals surface area contributed by atoms with Gasteiger partial charge in [0.25, 0.3) is 0 Å². The van der Waals surface area contributed by atoms with E-state index < -0.39 is 17.9 Å². The van der Waals surface area contributed by atoms with Gasteiger partial charge in [-0.15, -0.1) is 0 Å². The number of rotatable bonds is 7. The van der Waals surface area contributed by atoms with Crippen molar-refractivity contribution in [1.82, 2.24) is 10.6 Å². The Kier molecular flexibility index (Phi) is 6.03. The molecule has 0 saturated carbocycles. The van der Waals surface area contributed by atoms with E-state index in [4.69, 9.17) is 5.11 Å². The predicted octanol–water partition coefficient (Wildman–Crippen LogP) is 0.602. The van der Waals surface area contributed by atoms with Crippen LogP contribution in [0.4, 0.5) is 0 Å². The van der Waals surface area contributed by atoms with Gasteiger partial charge in [-0.05, 0) is 18.9 Å². The third-order valence-corrected chi connectivity index (χ3v) is 2.47. The van der Waals surface area contributed by atoms with Gasteiger partial charge in [0.2, 0.25) is 5.91 Å². The normalized spacial score (nSPS) is 13.2. The smallest absolute Gasteiger partial charge is 0.330 e. The van der Waals surface area contributed by atoms with Crippen LogP contribution in [0.5, 0.6) is 0 Å².